The maximum absolute atomic E-state index is 12.1. The van der Waals surface area contributed by atoms with Crippen molar-refractivity contribution in [3.8, 4) is 5.75 Å². The molecule has 2 rings (SSSR count). The molecule has 1 aliphatic rings. The first-order chi connectivity index (χ1) is 8.70. The molecule has 1 heterocycles. The summed E-state index contributed by atoms with van der Waals surface area (Å²) in [4.78, 5) is 12.1. The molecule has 1 aromatic carbocycles. The Bertz CT molecular complexity index is 431. The number of rotatable bonds is 3. The van der Waals surface area contributed by atoms with Gasteiger partial charge in [0.1, 0.15) is 5.75 Å². The lowest BCUT2D eigenvalue weighted by Gasteiger charge is -2.24. The lowest BCUT2D eigenvalue weighted by atomic mass is 10.1. The second-order valence-electron chi connectivity index (χ2n) is 4.36. The second-order valence-corrected chi connectivity index (χ2v) is 4.80. The van der Waals surface area contributed by atoms with Gasteiger partial charge in [-0.15, -0.1) is 0 Å². The average Bonchev–Trinajstić information content (AvgIpc) is 2.39. The standard InChI is InChI=1S/C13H17ClN2O2/c1-18-12-7-9(14)4-5-11(12)13(17)16-10-3-2-6-15-8-10/h4-5,7,10,15H,2-3,6,8H2,1H3,(H,16,17)/t10-/m1/s1. The topological polar surface area (TPSA) is 50.4 Å². The van der Waals surface area contributed by atoms with Gasteiger partial charge in [0.05, 0.1) is 12.7 Å². The molecule has 0 aliphatic carbocycles. The summed E-state index contributed by atoms with van der Waals surface area (Å²) in [5.74, 6) is 0.390. The van der Waals surface area contributed by atoms with E-state index in [1.54, 1.807) is 18.2 Å². The van der Waals surface area contributed by atoms with Crippen molar-refractivity contribution in [2.24, 2.45) is 0 Å². The summed E-state index contributed by atoms with van der Waals surface area (Å²) in [6, 6.07) is 5.21. The normalized spacial score (nSPS) is 19.3. The molecule has 2 N–H and O–H groups in total. The van der Waals surface area contributed by atoms with Gasteiger partial charge in [0.25, 0.3) is 5.91 Å². The van der Waals surface area contributed by atoms with E-state index in [4.69, 9.17) is 16.3 Å². The third-order valence-electron chi connectivity index (χ3n) is 3.04. The van der Waals surface area contributed by atoms with Gasteiger partial charge in [-0.3, -0.25) is 4.79 Å². The summed E-state index contributed by atoms with van der Waals surface area (Å²) in [6.07, 6.45) is 2.09. The maximum atomic E-state index is 12.1. The molecule has 1 fully saturated rings. The smallest absolute Gasteiger partial charge is 0.255 e. The number of ether oxygens (including phenoxy) is 1. The van der Waals surface area contributed by atoms with Crippen LogP contribution < -0.4 is 15.4 Å². The molecule has 0 aromatic heterocycles. The molecule has 0 bridgehead atoms. The minimum Gasteiger partial charge on any atom is -0.496 e. The molecule has 0 unspecified atom stereocenters. The monoisotopic (exact) mass is 268 g/mol. The van der Waals surface area contributed by atoms with Crippen molar-refractivity contribution in [3.05, 3.63) is 28.8 Å². The van der Waals surface area contributed by atoms with Crippen LogP contribution >= 0.6 is 11.6 Å². The Balaban J connectivity index is 2.08. The molecule has 18 heavy (non-hydrogen) atoms. The van der Waals surface area contributed by atoms with Crippen LogP contribution in [0.4, 0.5) is 0 Å². The zero-order valence-electron chi connectivity index (χ0n) is 10.3. The fourth-order valence-electron chi connectivity index (χ4n) is 2.09. The van der Waals surface area contributed by atoms with Crippen molar-refractivity contribution in [1.82, 2.24) is 10.6 Å². The predicted octanol–water partition coefficient (Wildman–Crippen LogP) is 1.83. The summed E-state index contributed by atoms with van der Waals surface area (Å²) in [5.41, 5.74) is 0.521. The molecule has 98 valence electrons. The largest absolute Gasteiger partial charge is 0.496 e. The Hall–Kier alpha value is -1.26. The van der Waals surface area contributed by atoms with Crippen molar-refractivity contribution in [1.29, 1.82) is 0 Å². The van der Waals surface area contributed by atoms with Crippen LogP contribution in [0.3, 0.4) is 0 Å². The van der Waals surface area contributed by atoms with E-state index in [1.165, 1.54) is 7.11 Å². The highest BCUT2D eigenvalue weighted by Crippen LogP contribution is 2.23. The first-order valence-corrected chi connectivity index (χ1v) is 6.43. The summed E-state index contributed by atoms with van der Waals surface area (Å²) < 4.78 is 5.18. The summed E-state index contributed by atoms with van der Waals surface area (Å²) in [6.45, 7) is 1.85. The molecule has 0 spiro atoms. The van der Waals surface area contributed by atoms with Crippen LogP contribution in [0.2, 0.25) is 5.02 Å². The van der Waals surface area contributed by atoms with Gasteiger partial charge >= 0.3 is 0 Å². The molecule has 1 amide bonds. The van der Waals surface area contributed by atoms with Gasteiger partial charge in [0.15, 0.2) is 0 Å². The van der Waals surface area contributed by atoms with E-state index >= 15 is 0 Å². The Morgan fingerprint density at radius 3 is 3.06 bits per heavy atom. The van der Waals surface area contributed by atoms with Gasteiger partial charge in [-0.2, -0.15) is 0 Å². The molecular weight excluding hydrogens is 252 g/mol. The summed E-state index contributed by atoms with van der Waals surface area (Å²) in [7, 11) is 1.53. The fourth-order valence-corrected chi connectivity index (χ4v) is 2.25. The summed E-state index contributed by atoms with van der Waals surface area (Å²) in [5, 5.41) is 6.83. The third kappa shape index (κ3) is 3.15. The third-order valence-corrected chi connectivity index (χ3v) is 3.28. The number of amides is 1. The van der Waals surface area contributed by atoms with E-state index < -0.39 is 0 Å². The second kappa shape index (κ2) is 6.07. The van der Waals surface area contributed by atoms with Crippen LogP contribution in [0.1, 0.15) is 23.2 Å². The number of hydrogen-bond acceptors (Lipinski definition) is 3. The first-order valence-electron chi connectivity index (χ1n) is 6.06. The number of piperidine rings is 1. The number of carbonyl (C=O) groups excluding carboxylic acids is 1. The number of methoxy groups -OCH3 is 1. The quantitative estimate of drug-likeness (QED) is 0.879. The van der Waals surface area contributed by atoms with E-state index in [9.17, 15) is 4.79 Å². The zero-order valence-corrected chi connectivity index (χ0v) is 11.1. The van der Waals surface area contributed by atoms with Gasteiger partial charge in [0, 0.05) is 17.6 Å². The summed E-state index contributed by atoms with van der Waals surface area (Å²) >= 11 is 5.87. The van der Waals surface area contributed by atoms with Crippen molar-refractivity contribution >= 4 is 17.5 Å². The lowest BCUT2D eigenvalue weighted by molar-refractivity contribution is 0.0927. The number of halogens is 1. The van der Waals surface area contributed by atoms with Gasteiger partial charge in [-0.1, -0.05) is 11.6 Å². The molecule has 1 aromatic rings. The van der Waals surface area contributed by atoms with Gasteiger partial charge in [0.2, 0.25) is 0 Å². The maximum Gasteiger partial charge on any atom is 0.255 e. The van der Waals surface area contributed by atoms with E-state index in [0.717, 1.165) is 25.9 Å². The Morgan fingerprint density at radius 1 is 1.56 bits per heavy atom. The van der Waals surface area contributed by atoms with Crippen LogP contribution in [-0.2, 0) is 0 Å². The fraction of sp³-hybridized carbons (Fsp3) is 0.462. The molecule has 1 atom stereocenters. The van der Waals surface area contributed by atoms with Crippen molar-refractivity contribution in [3.63, 3.8) is 0 Å². The van der Waals surface area contributed by atoms with Crippen LogP contribution in [0.15, 0.2) is 18.2 Å². The minimum absolute atomic E-state index is 0.114. The molecule has 0 radical (unpaired) electrons. The minimum atomic E-state index is -0.114. The lowest BCUT2D eigenvalue weighted by Crippen LogP contribution is -2.45. The van der Waals surface area contributed by atoms with Gasteiger partial charge in [-0.05, 0) is 37.6 Å². The van der Waals surface area contributed by atoms with E-state index in [2.05, 4.69) is 10.6 Å². The average molecular weight is 269 g/mol. The Labute approximate surface area is 112 Å². The van der Waals surface area contributed by atoms with Crippen LogP contribution in [0.25, 0.3) is 0 Å². The molecule has 4 nitrogen and oxygen atoms in total. The molecule has 1 aliphatic heterocycles. The first kappa shape index (κ1) is 13.2. The van der Waals surface area contributed by atoms with Crippen LogP contribution in [-0.4, -0.2) is 32.1 Å². The van der Waals surface area contributed by atoms with Gasteiger partial charge in [-0.25, -0.2) is 0 Å². The van der Waals surface area contributed by atoms with E-state index in [0.29, 0.717) is 16.3 Å². The van der Waals surface area contributed by atoms with Crippen LogP contribution in [0, 0.1) is 0 Å². The Morgan fingerprint density at radius 2 is 2.39 bits per heavy atom. The number of hydrogen-bond donors (Lipinski definition) is 2. The van der Waals surface area contributed by atoms with E-state index in [-0.39, 0.29) is 11.9 Å². The molecular formula is C13H17ClN2O2. The Kier molecular flexibility index (Phi) is 4.44. The number of carbonyl (C=O) groups is 1. The molecule has 0 saturated carbocycles. The highest BCUT2D eigenvalue weighted by molar-refractivity contribution is 6.30. The van der Waals surface area contributed by atoms with E-state index in [1.807, 2.05) is 0 Å². The number of nitrogens with one attached hydrogen (secondary N) is 2. The predicted molar refractivity (Wildman–Crippen MR) is 71.4 cm³/mol. The highest BCUT2D eigenvalue weighted by atomic mass is 35.5. The molecule has 5 heteroatoms. The molecule has 1 saturated heterocycles. The number of benzene rings is 1. The zero-order chi connectivity index (χ0) is 13.0. The van der Waals surface area contributed by atoms with Crippen LogP contribution in [0.5, 0.6) is 5.75 Å². The highest BCUT2D eigenvalue weighted by Gasteiger charge is 2.18. The van der Waals surface area contributed by atoms with Crippen molar-refractivity contribution < 1.29 is 9.53 Å². The van der Waals surface area contributed by atoms with Crippen molar-refractivity contribution in [2.75, 3.05) is 20.2 Å². The van der Waals surface area contributed by atoms with Crippen molar-refractivity contribution in [2.45, 2.75) is 18.9 Å². The SMILES string of the molecule is COc1cc(Cl)ccc1C(=O)N[C@@H]1CCCNC1. The van der Waals surface area contributed by atoms with Gasteiger partial charge < -0.3 is 15.4 Å².